The Morgan fingerprint density at radius 3 is 2.36 bits per heavy atom. The lowest BCUT2D eigenvalue weighted by Gasteiger charge is -2.37. The largest absolute Gasteiger partial charge is 0.282 e. The van der Waals surface area contributed by atoms with Gasteiger partial charge >= 0.3 is 0 Å². The molecule has 0 spiro atoms. The Morgan fingerprint density at radius 1 is 1.50 bits per heavy atom. The monoisotopic (exact) mass is 226 g/mol. The van der Waals surface area contributed by atoms with Gasteiger partial charge in [-0.25, -0.2) is 13.0 Å². The zero-order valence-electron chi connectivity index (χ0n) is 8.00. The number of carbonyl (C=O) groups excluding carboxylic acids is 1. The van der Waals surface area contributed by atoms with E-state index in [4.69, 9.17) is 0 Å². The number of hydrogen-bond donors (Lipinski definition) is 0. The highest BCUT2D eigenvalue weighted by Crippen LogP contribution is 2.25. The SMILES string of the molecule is CS(C)(=O)=NC(=O)CN1CC(F)(F)C1. The van der Waals surface area contributed by atoms with Gasteiger partial charge in [0, 0.05) is 22.2 Å². The van der Waals surface area contributed by atoms with Crippen LogP contribution in [0.4, 0.5) is 8.78 Å². The maximum Gasteiger partial charge on any atom is 0.272 e. The Labute approximate surface area is 81.5 Å². The van der Waals surface area contributed by atoms with Gasteiger partial charge in [-0.15, -0.1) is 0 Å². The summed E-state index contributed by atoms with van der Waals surface area (Å²) < 4.78 is 39.1. The van der Waals surface area contributed by atoms with Crippen molar-refractivity contribution in [3.05, 3.63) is 0 Å². The average molecular weight is 226 g/mol. The predicted octanol–water partition coefficient (Wildman–Crippen LogP) is 0.192. The number of halogens is 2. The smallest absolute Gasteiger partial charge is 0.272 e. The van der Waals surface area contributed by atoms with E-state index in [1.165, 1.54) is 17.4 Å². The average Bonchev–Trinajstić information content (AvgIpc) is 1.76. The number of nitrogens with zero attached hydrogens (tertiary/aromatic N) is 2. The maximum atomic E-state index is 12.3. The quantitative estimate of drug-likeness (QED) is 0.675. The molecule has 1 aliphatic rings. The van der Waals surface area contributed by atoms with Gasteiger partial charge in [-0.1, -0.05) is 0 Å². The van der Waals surface area contributed by atoms with Crippen molar-refractivity contribution in [2.45, 2.75) is 5.92 Å². The molecule has 0 aliphatic carbocycles. The van der Waals surface area contributed by atoms with Gasteiger partial charge < -0.3 is 0 Å². The molecule has 82 valence electrons. The molecule has 0 bridgehead atoms. The third-order valence-corrected chi connectivity index (χ3v) is 2.23. The normalized spacial score (nSPS) is 21.4. The molecule has 1 fully saturated rings. The first-order valence-corrected chi connectivity index (χ1v) is 6.31. The summed E-state index contributed by atoms with van der Waals surface area (Å²) >= 11 is 0. The second kappa shape index (κ2) is 3.54. The summed E-state index contributed by atoms with van der Waals surface area (Å²) in [6, 6.07) is 0. The minimum atomic E-state index is -2.68. The second-order valence-corrected chi connectivity index (χ2v) is 6.21. The molecule has 0 atom stereocenters. The van der Waals surface area contributed by atoms with Crippen molar-refractivity contribution in [1.82, 2.24) is 4.90 Å². The Hall–Kier alpha value is -0.560. The number of alkyl halides is 2. The fourth-order valence-electron chi connectivity index (χ4n) is 1.19. The first-order valence-electron chi connectivity index (χ1n) is 3.98. The summed E-state index contributed by atoms with van der Waals surface area (Å²) in [5.41, 5.74) is 0. The fraction of sp³-hybridized carbons (Fsp3) is 0.857. The van der Waals surface area contributed by atoms with E-state index in [2.05, 4.69) is 4.36 Å². The number of amides is 1. The lowest BCUT2D eigenvalue weighted by atomic mass is 10.1. The number of carbonyl (C=O) groups is 1. The van der Waals surface area contributed by atoms with E-state index in [1.807, 2.05) is 0 Å². The van der Waals surface area contributed by atoms with Gasteiger partial charge in [-0.05, 0) is 0 Å². The molecule has 0 N–H and O–H groups in total. The number of rotatable bonds is 2. The van der Waals surface area contributed by atoms with Crippen molar-refractivity contribution >= 4 is 15.6 Å². The van der Waals surface area contributed by atoms with Crippen molar-refractivity contribution in [1.29, 1.82) is 0 Å². The molecule has 1 rings (SSSR count). The summed E-state index contributed by atoms with van der Waals surface area (Å²) in [6.07, 6.45) is 2.66. The topological polar surface area (TPSA) is 49.7 Å². The standard InChI is InChI=1S/C7H12F2N2O2S/c1-14(2,13)10-6(12)3-11-4-7(8,9)5-11/h3-5H2,1-2H3. The summed E-state index contributed by atoms with van der Waals surface area (Å²) in [5.74, 6) is -3.28. The zero-order valence-corrected chi connectivity index (χ0v) is 8.81. The van der Waals surface area contributed by atoms with Crippen LogP contribution < -0.4 is 0 Å². The van der Waals surface area contributed by atoms with E-state index in [0.29, 0.717) is 0 Å². The van der Waals surface area contributed by atoms with Crippen LogP contribution in [0.5, 0.6) is 0 Å². The Balaban J connectivity index is 2.42. The Kier molecular flexibility index (Phi) is 2.91. The molecule has 1 heterocycles. The van der Waals surface area contributed by atoms with Crippen LogP contribution in [0, 0.1) is 0 Å². The third-order valence-electron chi connectivity index (χ3n) is 1.59. The van der Waals surface area contributed by atoms with Gasteiger partial charge in [0.1, 0.15) is 0 Å². The predicted molar refractivity (Wildman–Crippen MR) is 48.8 cm³/mol. The molecule has 0 aromatic rings. The molecule has 14 heavy (non-hydrogen) atoms. The van der Waals surface area contributed by atoms with Crippen LogP contribution in [0.1, 0.15) is 0 Å². The van der Waals surface area contributed by atoms with E-state index in [9.17, 15) is 17.8 Å². The first kappa shape index (κ1) is 11.5. The molecule has 1 saturated heterocycles. The summed E-state index contributed by atoms with van der Waals surface area (Å²) in [7, 11) is -2.47. The van der Waals surface area contributed by atoms with E-state index < -0.39 is 34.6 Å². The van der Waals surface area contributed by atoms with Gasteiger partial charge in [0.2, 0.25) is 0 Å². The van der Waals surface area contributed by atoms with Gasteiger partial charge in [0.15, 0.2) is 0 Å². The van der Waals surface area contributed by atoms with Crippen LogP contribution in [0.3, 0.4) is 0 Å². The van der Waals surface area contributed by atoms with Crippen molar-refractivity contribution in [2.24, 2.45) is 4.36 Å². The molecule has 0 unspecified atom stereocenters. The molecular weight excluding hydrogens is 214 g/mol. The van der Waals surface area contributed by atoms with Crippen LogP contribution in [-0.4, -0.2) is 53.1 Å². The van der Waals surface area contributed by atoms with E-state index >= 15 is 0 Å². The first-order chi connectivity index (χ1) is 6.18. The highest BCUT2D eigenvalue weighted by Gasteiger charge is 2.44. The van der Waals surface area contributed by atoms with Gasteiger partial charge in [-0.3, -0.25) is 9.69 Å². The second-order valence-electron chi connectivity index (χ2n) is 3.67. The lowest BCUT2D eigenvalue weighted by molar-refractivity contribution is -0.141. The minimum absolute atomic E-state index is 0.172. The summed E-state index contributed by atoms with van der Waals surface area (Å²) in [5, 5.41) is 0. The van der Waals surface area contributed by atoms with Crippen LogP contribution in [0.15, 0.2) is 4.36 Å². The minimum Gasteiger partial charge on any atom is -0.282 e. The van der Waals surface area contributed by atoms with Crippen LogP contribution >= 0.6 is 0 Å². The van der Waals surface area contributed by atoms with Crippen LogP contribution in [0.25, 0.3) is 0 Å². The molecular formula is C7H12F2N2O2S. The molecule has 1 aliphatic heterocycles. The Morgan fingerprint density at radius 2 is 2.00 bits per heavy atom. The molecule has 0 saturated carbocycles. The maximum absolute atomic E-state index is 12.3. The molecule has 0 aromatic carbocycles. The third kappa shape index (κ3) is 3.67. The van der Waals surface area contributed by atoms with Crippen molar-refractivity contribution < 1.29 is 17.8 Å². The summed E-state index contributed by atoms with van der Waals surface area (Å²) in [6.45, 7) is -1.000. The fourth-order valence-corrected chi connectivity index (χ4v) is 1.73. The van der Waals surface area contributed by atoms with E-state index in [-0.39, 0.29) is 6.54 Å². The highest BCUT2D eigenvalue weighted by atomic mass is 32.2. The number of likely N-dealkylation sites (tertiary alicyclic amines) is 1. The van der Waals surface area contributed by atoms with E-state index in [1.54, 1.807) is 0 Å². The highest BCUT2D eigenvalue weighted by molar-refractivity contribution is 7.92. The van der Waals surface area contributed by atoms with Crippen molar-refractivity contribution in [2.75, 3.05) is 32.1 Å². The Bertz CT molecular complexity index is 345. The van der Waals surface area contributed by atoms with Crippen molar-refractivity contribution in [3.63, 3.8) is 0 Å². The summed E-state index contributed by atoms with van der Waals surface area (Å²) in [4.78, 5) is 12.3. The molecule has 4 nitrogen and oxygen atoms in total. The van der Waals surface area contributed by atoms with Gasteiger partial charge in [0.05, 0.1) is 19.6 Å². The molecule has 0 aromatic heterocycles. The van der Waals surface area contributed by atoms with Crippen LogP contribution in [0.2, 0.25) is 0 Å². The van der Waals surface area contributed by atoms with Gasteiger partial charge in [0.25, 0.3) is 11.8 Å². The molecule has 1 amide bonds. The van der Waals surface area contributed by atoms with E-state index in [0.717, 1.165) is 0 Å². The zero-order chi connectivity index (χ0) is 11.0. The van der Waals surface area contributed by atoms with Gasteiger partial charge in [-0.2, -0.15) is 4.36 Å². The lowest BCUT2D eigenvalue weighted by Crippen LogP contribution is -2.57. The van der Waals surface area contributed by atoms with Crippen LogP contribution in [-0.2, 0) is 14.5 Å². The molecule has 0 radical (unpaired) electrons. The molecule has 7 heteroatoms. The number of hydrogen-bond acceptors (Lipinski definition) is 3. The van der Waals surface area contributed by atoms with Crippen molar-refractivity contribution in [3.8, 4) is 0 Å².